The van der Waals surface area contributed by atoms with Gasteiger partial charge in [0.05, 0.1) is 12.8 Å². The molecule has 0 aliphatic carbocycles. The molecule has 0 saturated carbocycles. The van der Waals surface area contributed by atoms with Crippen LogP contribution in [0.1, 0.15) is 5.69 Å². The van der Waals surface area contributed by atoms with Crippen LogP contribution in [0.25, 0.3) is 0 Å². The number of rotatable bonds is 3. The van der Waals surface area contributed by atoms with Crippen molar-refractivity contribution in [3.63, 3.8) is 0 Å². The van der Waals surface area contributed by atoms with Gasteiger partial charge >= 0.3 is 0 Å². The smallest absolute Gasteiger partial charge is 0.154 e. The van der Waals surface area contributed by atoms with Crippen molar-refractivity contribution < 1.29 is 9.47 Å². The van der Waals surface area contributed by atoms with Crippen molar-refractivity contribution in [2.75, 3.05) is 12.8 Å². The van der Waals surface area contributed by atoms with Crippen LogP contribution in [0.5, 0.6) is 17.2 Å². The van der Waals surface area contributed by atoms with E-state index in [4.69, 9.17) is 15.2 Å². The molecule has 88 valence electrons. The first kappa shape index (κ1) is 11.3. The molecule has 2 aromatic rings. The van der Waals surface area contributed by atoms with Crippen LogP contribution in [0, 0.1) is 6.92 Å². The molecule has 0 saturated heterocycles. The van der Waals surface area contributed by atoms with Crippen LogP contribution in [-0.2, 0) is 0 Å². The summed E-state index contributed by atoms with van der Waals surface area (Å²) in [5.74, 6) is 1.86. The number of anilines is 1. The molecular formula is C13H14N2O2. The predicted octanol–water partition coefficient (Wildman–Crippen LogP) is 2.77. The molecule has 1 aromatic heterocycles. The first-order chi connectivity index (χ1) is 8.22. The Morgan fingerprint density at radius 3 is 2.47 bits per heavy atom. The average Bonchev–Trinajstić information content (AvgIpc) is 2.34. The highest BCUT2D eigenvalue weighted by Crippen LogP contribution is 2.34. The van der Waals surface area contributed by atoms with E-state index in [9.17, 15) is 0 Å². The van der Waals surface area contributed by atoms with Gasteiger partial charge in [-0.2, -0.15) is 0 Å². The molecule has 0 aliphatic rings. The van der Waals surface area contributed by atoms with Crippen molar-refractivity contribution in [3.8, 4) is 17.2 Å². The highest BCUT2D eigenvalue weighted by atomic mass is 16.5. The van der Waals surface area contributed by atoms with Crippen molar-refractivity contribution in [3.05, 3.63) is 42.2 Å². The second-order valence-corrected chi connectivity index (χ2v) is 3.56. The van der Waals surface area contributed by atoms with Crippen LogP contribution in [0.4, 0.5) is 5.69 Å². The number of para-hydroxylation sites is 1. The molecule has 0 bridgehead atoms. The summed E-state index contributed by atoms with van der Waals surface area (Å²) in [5, 5.41) is 0. The quantitative estimate of drug-likeness (QED) is 0.824. The molecule has 0 radical (unpaired) electrons. The summed E-state index contributed by atoms with van der Waals surface area (Å²) >= 11 is 0. The zero-order valence-electron chi connectivity index (χ0n) is 9.81. The lowest BCUT2D eigenvalue weighted by Crippen LogP contribution is -1.97. The molecule has 17 heavy (non-hydrogen) atoms. The minimum Gasteiger partial charge on any atom is -0.494 e. The summed E-state index contributed by atoms with van der Waals surface area (Å²) in [6, 6.07) is 9.08. The lowest BCUT2D eigenvalue weighted by Gasteiger charge is -2.12. The molecule has 0 aliphatic heterocycles. The van der Waals surface area contributed by atoms with Crippen LogP contribution >= 0.6 is 0 Å². The zero-order valence-corrected chi connectivity index (χ0v) is 9.81. The maximum Gasteiger partial charge on any atom is 0.154 e. The third-order valence-electron chi connectivity index (χ3n) is 2.42. The molecule has 4 nitrogen and oxygen atoms in total. The Labute approximate surface area is 100 Å². The summed E-state index contributed by atoms with van der Waals surface area (Å²) < 4.78 is 10.8. The molecule has 1 aromatic carbocycles. The maximum absolute atomic E-state index is 5.92. The number of nitrogen functional groups attached to an aromatic ring is 1. The van der Waals surface area contributed by atoms with E-state index in [1.807, 2.05) is 25.1 Å². The fourth-order valence-corrected chi connectivity index (χ4v) is 1.49. The number of nitrogens with two attached hydrogens (primary N) is 1. The number of benzene rings is 1. The van der Waals surface area contributed by atoms with Gasteiger partial charge in [0.2, 0.25) is 0 Å². The Morgan fingerprint density at radius 1 is 1.06 bits per heavy atom. The SMILES string of the molecule is COc1cccc(Oc2cccnc2C)c1N. The second-order valence-electron chi connectivity index (χ2n) is 3.56. The van der Waals surface area contributed by atoms with Gasteiger partial charge in [0.15, 0.2) is 5.75 Å². The van der Waals surface area contributed by atoms with Crippen LogP contribution in [-0.4, -0.2) is 12.1 Å². The standard InChI is InChI=1S/C13H14N2O2/c1-9-10(7-4-8-15-9)17-12-6-3-5-11(16-2)13(12)14/h3-8H,14H2,1-2H3. The van der Waals surface area contributed by atoms with E-state index in [0.717, 1.165) is 5.69 Å². The number of methoxy groups -OCH3 is 1. The van der Waals surface area contributed by atoms with Gasteiger partial charge in [0.25, 0.3) is 0 Å². The van der Waals surface area contributed by atoms with Crippen molar-refractivity contribution in [2.45, 2.75) is 6.92 Å². The number of hydrogen-bond acceptors (Lipinski definition) is 4. The third-order valence-corrected chi connectivity index (χ3v) is 2.42. The highest BCUT2D eigenvalue weighted by molar-refractivity contribution is 5.63. The fourth-order valence-electron chi connectivity index (χ4n) is 1.49. The average molecular weight is 230 g/mol. The third kappa shape index (κ3) is 2.30. The normalized spacial score (nSPS) is 10.0. The fraction of sp³-hybridized carbons (Fsp3) is 0.154. The van der Waals surface area contributed by atoms with E-state index in [1.165, 1.54) is 0 Å². The van der Waals surface area contributed by atoms with Gasteiger partial charge in [0, 0.05) is 6.20 Å². The van der Waals surface area contributed by atoms with Crippen molar-refractivity contribution in [1.82, 2.24) is 4.98 Å². The summed E-state index contributed by atoms with van der Waals surface area (Å²) in [6.45, 7) is 1.88. The summed E-state index contributed by atoms with van der Waals surface area (Å²) in [7, 11) is 1.57. The van der Waals surface area contributed by atoms with E-state index < -0.39 is 0 Å². The zero-order chi connectivity index (χ0) is 12.3. The van der Waals surface area contributed by atoms with Gasteiger partial charge < -0.3 is 15.2 Å². The summed E-state index contributed by atoms with van der Waals surface area (Å²) in [5.41, 5.74) is 7.22. The molecule has 0 unspecified atom stereocenters. The van der Waals surface area contributed by atoms with Gasteiger partial charge in [-0.05, 0) is 31.2 Å². The number of pyridine rings is 1. The Bertz CT molecular complexity index is 527. The molecule has 0 amide bonds. The van der Waals surface area contributed by atoms with Gasteiger partial charge in [0.1, 0.15) is 17.2 Å². The molecule has 1 heterocycles. The van der Waals surface area contributed by atoms with E-state index in [-0.39, 0.29) is 0 Å². The first-order valence-corrected chi connectivity index (χ1v) is 5.24. The van der Waals surface area contributed by atoms with Crippen LogP contribution in [0.3, 0.4) is 0 Å². The highest BCUT2D eigenvalue weighted by Gasteiger charge is 2.08. The molecule has 2 rings (SSSR count). The van der Waals surface area contributed by atoms with E-state index in [0.29, 0.717) is 22.9 Å². The molecule has 4 heteroatoms. The second kappa shape index (κ2) is 4.74. The Kier molecular flexibility index (Phi) is 3.14. The summed E-state index contributed by atoms with van der Waals surface area (Å²) in [6.07, 6.45) is 1.72. The van der Waals surface area contributed by atoms with Crippen molar-refractivity contribution in [1.29, 1.82) is 0 Å². The molecule has 0 atom stereocenters. The van der Waals surface area contributed by atoms with Crippen molar-refractivity contribution in [2.24, 2.45) is 0 Å². The Morgan fingerprint density at radius 2 is 1.76 bits per heavy atom. The Balaban J connectivity index is 2.34. The van der Waals surface area contributed by atoms with Crippen LogP contribution in [0.15, 0.2) is 36.5 Å². The van der Waals surface area contributed by atoms with E-state index >= 15 is 0 Å². The Hall–Kier alpha value is -2.23. The molecular weight excluding hydrogens is 216 g/mol. The van der Waals surface area contributed by atoms with Gasteiger partial charge in [-0.1, -0.05) is 6.07 Å². The topological polar surface area (TPSA) is 57.4 Å². The van der Waals surface area contributed by atoms with Crippen molar-refractivity contribution >= 4 is 5.69 Å². The summed E-state index contributed by atoms with van der Waals surface area (Å²) in [4.78, 5) is 4.15. The lowest BCUT2D eigenvalue weighted by atomic mass is 10.2. The van der Waals surface area contributed by atoms with Gasteiger partial charge in [-0.15, -0.1) is 0 Å². The van der Waals surface area contributed by atoms with Crippen LogP contribution in [0.2, 0.25) is 0 Å². The predicted molar refractivity (Wildman–Crippen MR) is 66.5 cm³/mol. The van der Waals surface area contributed by atoms with Gasteiger partial charge in [-0.3, -0.25) is 4.98 Å². The number of ether oxygens (including phenoxy) is 2. The van der Waals surface area contributed by atoms with E-state index in [2.05, 4.69) is 4.98 Å². The number of aromatic nitrogens is 1. The maximum atomic E-state index is 5.92. The molecule has 0 fully saturated rings. The van der Waals surface area contributed by atoms with Crippen LogP contribution < -0.4 is 15.2 Å². The number of aryl methyl sites for hydroxylation is 1. The van der Waals surface area contributed by atoms with Gasteiger partial charge in [-0.25, -0.2) is 0 Å². The first-order valence-electron chi connectivity index (χ1n) is 5.24. The minimum absolute atomic E-state index is 0.484. The van der Waals surface area contributed by atoms with E-state index in [1.54, 1.807) is 25.4 Å². The number of nitrogens with zero attached hydrogens (tertiary/aromatic N) is 1. The molecule has 2 N–H and O–H groups in total. The minimum atomic E-state index is 0.484. The largest absolute Gasteiger partial charge is 0.494 e. The molecule has 0 spiro atoms. The monoisotopic (exact) mass is 230 g/mol. The lowest BCUT2D eigenvalue weighted by molar-refractivity contribution is 0.412. The number of hydrogen-bond donors (Lipinski definition) is 1.